The van der Waals surface area contributed by atoms with E-state index in [4.69, 9.17) is 5.11 Å². The van der Waals surface area contributed by atoms with E-state index in [1.807, 2.05) is 6.08 Å². The lowest BCUT2D eigenvalue weighted by atomic mass is 9.91. The molecule has 0 aromatic rings. The summed E-state index contributed by atoms with van der Waals surface area (Å²) in [6.07, 6.45) is 10.4. The number of carboxylic acid groups (broad SMARTS) is 2. The van der Waals surface area contributed by atoms with Gasteiger partial charge in [0, 0.05) is 11.1 Å². The number of allylic oxidation sites excluding steroid dienone is 1. The Hall–Kier alpha value is -1.58. The number of hydrogen-bond acceptors (Lipinski definition) is 2. The molecule has 0 fully saturated rings. The molecule has 0 aliphatic rings. The number of rotatable bonds is 11. The average Bonchev–Trinajstić information content (AvgIpc) is 2.50. The Kier molecular flexibility index (Phi) is 15.8. The van der Waals surface area contributed by atoms with Gasteiger partial charge in [-0.2, -0.15) is 0 Å². The van der Waals surface area contributed by atoms with Crippen LogP contribution in [-0.4, -0.2) is 22.2 Å². The van der Waals surface area contributed by atoms with Gasteiger partial charge in [0.1, 0.15) is 0 Å². The van der Waals surface area contributed by atoms with E-state index >= 15 is 0 Å². The average molecular weight is 326 g/mol. The van der Waals surface area contributed by atoms with Gasteiger partial charge in [0.25, 0.3) is 0 Å². The predicted octanol–water partition coefficient (Wildman–Crippen LogP) is 5.44. The van der Waals surface area contributed by atoms with E-state index in [1.54, 1.807) is 0 Å². The molecule has 0 aliphatic carbocycles. The van der Waals surface area contributed by atoms with Crippen LogP contribution in [0.3, 0.4) is 0 Å². The molecule has 0 saturated heterocycles. The third kappa shape index (κ3) is 15.1. The molecule has 0 heterocycles. The summed E-state index contributed by atoms with van der Waals surface area (Å²) in [7, 11) is 0. The predicted molar refractivity (Wildman–Crippen MR) is 95.6 cm³/mol. The van der Waals surface area contributed by atoms with Crippen molar-refractivity contribution in [1.29, 1.82) is 0 Å². The van der Waals surface area contributed by atoms with Gasteiger partial charge in [-0.1, -0.05) is 72.0 Å². The van der Waals surface area contributed by atoms with Crippen LogP contribution in [0.1, 0.15) is 79.1 Å². The van der Waals surface area contributed by atoms with E-state index in [1.165, 1.54) is 19.8 Å². The van der Waals surface area contributed by atoms with Gasteiger partial charge in [-0.25, -0.2) is 9.59 Å². The van der Waals surface area contributed by atoms with Crippen LogP contribution in [0.5, 0.6) is 0 Å². The van der Waals surface area contributed by atoms with Crippen molar-refractivity contribution in [1.82, 2.24) is 0 Å². The molecule has 23 heavy (non-hydrogen) atoms. The highest BCUT2D eigenvalue weighted by Crippen LogP contribution is 2.22. The Bertz CT molecular complexity index is 371. The Labute approximate surface area is 141 Å². The van der Waals surface area contributed by atoms with Gasteiger partial charge in [-0.15, -0.1) is 0 Å². The van der Waals surface area contributed by atoms with Crippen LogP contribution in [-0.2, 0) is 9.59 Å². The summed E-state index contributed by atoms with van der Waals surface area (Å²) in [4.78, 5) is 20.8. The number of hydrogen-bond donors (Lipinski definition) is 2. The standard InChI is InChI=1S/C15H28O2.C4H6O2/c1-4-7-9-11-14(15(16)17)12-13(6-3)10-8-5-2;1-3(2)4(5)6/h11,13H,4-10,12H2,1-3H3,(H,16,17);1H2,2H3,(H,5,6)/b14-11-;. The molecule has 0 spiro atoms. The van der Waals surface area contributed by atoms with Crippen molar-refractivity contribution in [2.45, 2.75) is 79.1 Å². The van der Waals surface area contributed by atoms with Crippen molar-refractivity contribution in [2.75, 3.05) is 0 Å². The minimum Gasteiger partial charge on any atom is -0.478 e. The zero-order valence-electron chi connectivity index (χ0n) is 15.2. The minimum absolute atomic E-state index is 0.176. The Morgan fingerprint density at radius 2 is 1.57 bits per heavy atom. The van der Waals surface area contributed by atoms with Crippen LogP contribution in [0.25, 0.3) is 0 Å². The molecular weight excluding hydrogens is 292 g/mol. The SMILES string of the molecule is C=C(C)C(=O)O.CCCC/C=C(/CC(CC)CCCC)C(=O)O. The first kappa shape index (κ1) is 23.7. The van der Waals surface area contributed by atoms with Crippen molar-refractivity contribution >= 4 is 11.9 Å². The van der Waals surface area contributed by atoms with E-state index in [0.29, 0.717) is 11.5 Å². The lowest BCUT2D eigenvalue weighted by molar-refractivity contribution is -0.133. The fourth-order valence-corrected chi connectivity index (χ4v) is 1.99. The number of aliphatic carboxylic acids is 2. The van der Waals surface area contributed by atoms with Crippen LogP contribution in [0.15, 0.2) is 23.8 Å². The first-order chi connectivity index (χ1) is 10.8. The Morgan fingerprint density at radius 1 is 1.04 bits per heavy atom. The Morgan fingerprint density at radius 3 is 1.91 bits per heavy atom. The third-order valence-corrected chi connectivity index (χ3v) is 3.64. The van der Waals surface area contributed by atoms with Gasteiger partial charge in [0.15, 0.2) is 0 Å². The van der Waals surface area contributed by atoms with E-state index in [0.717, 1.165) is 38.5 Å². The molecule has 4 heteroatoms. The topological polar surface area (TPSA) is 74.6 Å². The summed E-state index contributed by atoms with van der Waals surface area (Å²) in [5.74, 6) is -1.12. The maximum absolute atomic E-state index is 11.2. The second-order valence-electron chi connectivity index (χ2n) is 5.88. The molecule has 1 atom stereocenters. The molecular formula is C19H34O4. The second kappa shape index (κ2) is 15.3. The molecule has 0 rings (SSSR count). The summed E-state index contributed by atoms with van der Waals surface area (Å²) in [6, 6.07) is 0. The maximum atomic E-state index is 11.2. The summed E-state index contributed by atoms with van der Waals surface area (Å²) >= 11 is 0. The van der Waals surface area contributed by atoms with Gasteiger partial charge in [-0.3, -0.25) is 0 Å². The third-order valence-electron chi connectivity index (χ3n) is 3.64. The first-order valence-electron chi connectivity index (χ1n) is 8.61. The van der Waals surface area contributed by atoms with Gasteiger partial charge in [0.05, 0.1) is 0 Å². The molecule has 134 valence electrons. The lowest BCUT2D eigenvalue weighted by Gasteiger charge is -2.14. The van der Waals surface area contributed by atoms with E-state index in [-0.39, 0.29) is 5.57 Å². The first-order valence-corrected chi connectivity index (χ1v) is 8.61. The molecule has 0 saturated carbocycles. The molecule has 2 N–H and O–H groups in total. The molecule has 1 unspecified atom stereocenters. The fourth-order valence-electron chi connectivity index (χ4n) is 1.99. The minimum atomic E-state index is -0.935. The molecule has 0 radical (unpaired) electrons. The van der Waals surface area contributed by atoms with E-state index < -0.39 is 11.9 Å². The highest BCUT2D eigenvalue weighted by atomic mass is 16.4. The monoisotopic (exact) mass is 326 g/mol. The summed E-state index contributed by atoms with van der Waals surface area (Å²) < 4.78 is 0. The number of carbonyl (C=O) groups is 2. The van der Waals surface area contributed by atoms with Gasteiger partial charge in [-0.05, 0) is 25.7 Å². The molecule has 0 aromatic heterocycles. The maximum Gasteiger partial charge on any atom is 0.331 e. The second-order valence-corrected chi connectivity index (χ2v) is 5.88. The summed E-state index contributed by atoms with van der Waals surface area (Å²) in [5.41, 5.74) is 0.802. The van der Waals surface area contributed by atoms with Crippen LogP contribution in [0.4, 0.5) is 0 Å². The van der Waals surface area contributed by atoms with Crippen molar-refractivity contribution in [3.05, 3.63) is 23.8 Å². The normalized spacial score (nSPS) is 12.1. The highest BCUT2D eigenvalue weighted by molar-refractivity contribution is 5.86. The quantitative estimate of drug-likeness (QED) is 0.391. The van der Waals surface area contributed by atoms with Crippen molar-refractivity contribution < 1.29 is 19.8 Å². The fraction of sp³-hybridized carbons (Fsp3) is 0.684. The Balaban J connectivity index is 0. The number of unbranched alkanes of at least 4 members (excludes halogenated alkanes) is 3. The van der Waals surface area contributed by atoms with Gasteiger partial charge in [0.2, 0.25) is 0 Å². The summed E-state index contributed by atoms with van der Waals surface area (Å²) in [5, 5.41) is 17.1. The zero-order chi connectivity index (χ0) is 18.3. The number of carboxylic acids is 2. The highest BCUT2D eigenvalue weighted by Gasteiger charge is 2.13. The van der Waals surface area contributed by atoms with Crippen molar-refractivity contribution in [3.63, 3.8) is 0 Å². The largest absolute Gasteiger partial charge is 0.478 e. The van der Waals surface area contributed by atoms with E-state index in [2.05, 4.69) is 27.4 Å². The van der Waals surface area contributed by atoms with Crippen LogP contribution >= 0.6 is 0 Å². The van der Waals surface area contributed by atoms with Crippen LogP contribution in [0.2, 0.25) is 0 Å². The molecule has 0 amide bonds. The lowest BCUT2D eigenvalue weighted by Crippen LogP contribution is -2.08. The van der Waals surface area contributed by atoms with Gasteiger partial charge >= 0.3 is 11.9 Å². The van der Waals surface area contributed by atoms with Crippen molar-refractivity contribution in [3.8, 4) is 0 Å². The molecule has 0 aliphatic heterocycles. The molecule has 0 bridgehead atoms. The van der Waals surface area contributed by atoms with Crippen LogP contribution < -0.4 is 0 Å². The summed E-state index contributed by atoms with van der Waals surface area (Å²) in [6.45, 7) is 11.1. The van der Waals surface area contributed by atoms with Crippen molar-refractivity contribution in [2.24, 2.45) is 5.92 Å². The molecule has 0 aromatic carbocycles. The van der Waals surface area contributed by atoms with E-state index in [9.17, 15) is 14.7 Å². The van der Waals surface area contributed by atoms with Crippen LogP contribution in [0, 0.1) is 5.92 Å². The van der Waals surface area contributed by atoms with Gasteiger partial charge < -0.3 is 10.2 Å². The molecule has 4 nitrogen and oxygen atoms in total. The smallest absolute Gasteiger partial charge is 0.331 e. The zero-order valence-corrected chi connectivity index (χ0v) is 15.2.